The van der Waals surface area contributed by atoms with Gasteiger partial charge in [-0.25, -0.2) is 0 Å². The molecule has 6 nitrogen and oxygen atoms in total. The summed E-state index contributed by atoms with van der Waals surface area (Å²) in [5, 5.41) is 0. The van der Waals surface area contributed by atoms with E-state index < -0.39 is 24.4 Å². The maximum atomic E-state index is 11.7. The van der Waals surface area contributed by atoms with Crippen molar-refractivity contribution in [1.29, 1.82) is 0 Å². The van der Waals surface area contributed by atoms with Crippen LogP contribution in [0.5, 0.6) is 0 Å². The SMILES string of the molecule is CCCCCCCCCCCCCCCCCC(=O)OC(OC(C)=O)OC(C)=O. The molecule has 0 unspecified atom stereocenters. The summed E-state index contributed by atoms with van der Waals surface area (Å²) in [6.07, 6.45) is 19.0. The van der Waals surface area contributed by atoms with E-state index >= 15 is 0 Å². The van der Waals surface area contributed by atoms with Gasteiger partial charge in [0.1, 0.15) is 0 Å². The summed E-state index contributed by atoms with van der Waals surface area (Å²) in [6, 6.07) is 0. The van der Waals surface area contributed by atoms with E-state index in [0.717, 1.165) is 26.7 Å². The first-order chi connectivity index (χ1) is 14.0. The molecule has 0 radical (unpaired) electrons. The van der Waals surface area contributed by atoms with Crippen LogP contribution in [0, 0.1) is 0 Å². The lowest BCUT2D eigenvalue weighted by Gasteiger charge is -2.16. The molecular formula is C23H42O6. The number of hydrogen-bond donors (Lipinski definition) is 0. The highest BCUT2D eigenvalue weighted by molar-refractivity contribution is 5.71. The molecule has 29 heavy (non-hydrogen) atoms. The first-order valence-electron chi connectivity index (χ1n) is 11.5. The van der Waals surface area contributed by atoms with Gasteiger partial charge >= 0.3 is 24.4 Å². The van der Waals surface area contributed by atoms with Gasteiger partial charge in [-0.2, -0.15) is 0 Å². The minimum Gasteiger partial charge on any atom is -0.391 e. The zero-order valence-corrected chi connectivity index (χ0v) is 18.8. The molecule has 0 saturated heterocycles. The summed E-state index contributed by atoms with van der Waals surface area (Å²) in [5.74, 6) is -1.90. The normalized spacial score (nSPS) is 10.8. The highest BCUT2D eigenvalue weighted by Crippen LogP contribution is 2.14. The lowest BCUT2D eigenvalue weighted by Crippen LogP contribution is -2.28. The molecule has 0 aromatic heterocycles. The molecule has 0 heterocycles. The third-order valence-electron chi connectivity index (χ3n) is 4.74. The van der Waals surface area contributed by atoms with E-state index in [4.69, 9.17) is 4.74 Å². The second-order valence-corrected chi connectivity index (χ2v) is 7.70. The Kier molecular flexibility index (Phi) is 18.6. The molecule has 0 spiro atoms. The van der Waals surface area contributed by atoms with Crippen molar-refractivity contribution < 1.29 is 28.6 Å². The Bertz CT molecular complexity index is 419. The van der Waals surface area contributed by atoms with Gasteiger partial charge in [0.25, 0.3) is 0 Å². The summed E-state index contributed by atoms with van der Waals surface area (Å²) >= 11 is 0. The van der Waals surface area contributed by atoms with E-state index in [-0.39, 0.29) is 6.42 Å². The van der Waals surface area contributed by atoms with Crippen LogP contribution >= 0.6 is 0 Å². The van der Waals surface area contributed by atoms with Crippen LogP contribution in [0.1, 0.15) is 124 Å². The molecule has 0 bridgehead atoms. The van der Waals surface area contributed by atoms with Crippen molar-refractivity contribution >= 4 is 17.9 Å². The zero-order chi connectivity index (χ0) is 21.7. The van der Waals surface area contributed by atoms with Gasteiger partial charge in [-0.15, -0.1) is 0 Å². The summed E-state index contributed by atoms with van der Waals surface area (Å²) in [4.78, 5) is 33.6. The molecule has 0 N–H and O–H groups in total. The van der Waals surface area contributed by atoms with E-state index in [1.807, 2.05) is 0 Å². The second-order valence-electron chi connectivity index (χ2n) is 7.70. The van der Waals surface area contributed by atoms with Gasteiger partial charge in [0, 0.05) is 20.3 Å². The summed E-state index contributed by atoms with van der Waals surface area (Å²) < 4.78 is 14.1. The third-order valence-corrected chi connectivity index (χ3v) is 4.74. The van der Waals surface area contributed by atoms with Crippen molar-refractivity contribution in [2.45, 2.75) is 130 Å². The van der Waals surface area contributed by atoms with E-state index in [9.17, 15) is 14.4 Å². The first kappa shape index (κ1) is 27.4. The van der Waals surface area contributed by atoms with Crippen LogP contribution in [0.15, 0.2) is 0 Å². The summed E-state index contributed by atoms with van der Waals surface area (Å²) in [6.45, 7) is 2.97. The summed E-state index contributed by atoms with van der Waals surface area (Å²) in [7, 11) is 0. The Morgan fingerprint density at radius 1 is 0.552 bits per heavy atom. The van der Waals surface area contributed by atoms with Crippen molar-refractivity contribution in [1.82, 2.24) is 0 Å². The number of unbranched alkanes of at least 4 members (excludes halogenated alkanes) is 14. The van der Waals surface area contributed by atoms with E-state index in [1.54, 1.807) is 0 Å². The highest BCUT2D eigenvalue weighted by Gasteiger charge is 2.20. The highest BCUT2D eigenvalue weighted by atomic mass is 16.9. The van der Waals surface area contributed by atoms with E-state index in [1.165, 1.54) is 77.0 Å². The maximum Gasteiger partial charge on any atom is 0.412 e. The molecule has 0 atom stereocenters. The molecule has 0 aromatic rings. The Morgan fingerprint density at radius 3 is 1.24 bits per heavy atom. The molecule has 170 valence electrons. The van der Waals surface area contributed by atoms with Crippen molar-refractivity contribution in [3.63, 3.8) is 0 Å². The molecule has 0 rings (SSSR count). The monoisotopic (exact) mass is 414 g/mol. The fraction of sp³-hybridized carbons (Fsp3) is 0.870. The van der Waals surface area contributed by atoms with Gasteiger partial charge in [0.15, 0.2) is 0 Å². The number of esters is 3. The van der Waals surface area contributed by atoms with Crippen LogP contribution in [0.3, 0.4) is 0 Å². The zero-order valence-electron chi connectivity index (χ0n) is 18.8. The van der Waals surface area contributed by atoms with E-state index in [0.29, 0.717) is 6.42 Å². The average molecular weight is 415 g/mol. The molecular weight excluding hydrogens is 372 g/mol. The van der Waals surface area contributed by atoms with Gasteiger partial charge in [-0.1, -0.05) is 96.8 Å². The van der Waals surface area contributed by atoms with Gasteiger partial charge < -0.3 is 14.2 Å². The minimum absolute atomic E-state index is 0.220. The topological polar surface area (TPSA) is 78.9 Å². The molecule has 0 aliphatic heterocycles. The lowest BCUT2D eigenvalue weighted by molar-refractivity contribution is -0.255. The van der Waals surface area contributed by atoms with Crippen LogP contribution in [0.4, 0.5) is 0 Å². The van der Waals surface area contributed by atoms with Crippen LogP contribution < -0.4 is 0 Å². The molecule has 0 aromatic carbocycles. The van der Waals surface area contributed by atoms with Crippen molar-refractivity contribution in [3.8, 4) is 0 Å². The van der Waals surface area contributed by atoms with Gasteiger partial charge in [0.2, 0.25) is 0 Å². The smallest absolute Gasteiger partial charge is 0.391 e. The number of ether oxygens (including phenoxy) is 3. The second kappa shape index (κ2) is 19.7. The lowest BCUT2D eigenvalue weighted by atomic mass is 10.0. The standard InChI is InChI=1S/C23H42O6/c1-4-5-6-7-8-9-10-11-12-13-14-15-16-17-18-19-22(26)29-23(27-20(2)24)28-21(3)25/h23H,4-19H2,1-3H3. The maximum absolute atomic E-state index is 11.7. The Labute approximate surface area is 177 Å². The number of rotatable bonds is 19. The molecule has 0 fully saturated rings. The molecule has 0 saturated carbocycles. The van der Waals surface area contributed by atoms with Crippen molar-refractivity contribution in [3.05, 3.63) is 0 Å². The molecule has 6 heteroatoms. The number of hydrogen-bond acceptors (Lipinski definition) is 6. The molecule has 0 aliphatic rings. The van der Waals surface area contributed by atoms with Crippen LogP contribution in [-0.4, -0.2) is 24.4 Å². The molecule has 0 aliphatic carbocycles. The van der Waals surface area contributed by atoms with Crippen molar-refractivity contribution in [2.75, 3.05) is 0 Å². The van der Waals surface area contributed by atoms with E-state index in [2.05, 4.69) is 16.4 Å². The third kappa shape index (κ3) is 20.9. The fourth-order valence-corrected chi connectivity index (χ4v) is 3.15. The van der Waals surface area contributed by atoms with Crippen LogP contribution in [-0.2, 0) is 28.6 Å². The largest absolute Gasteiger partial charge is 0.412 e. The van der Waals surface area contributed by atoms with Crippen LogP contribution in [0.25, 0.3) is 0 Å². The average Bonchev–Trinajstić information content (AvgIpc) is 2.63. The first-order valence-corrected chi connectivity index (χ1v) is 11.5. The number of carbonyl (C=O) groups excluding carboxylic acids is 3. The molecule has 0 amide bonds. The Morgan fingerprint density at radius 2 is 0.897 bits per heavy atom. The predicted molar refractivity (Wildman–Crippen MR) is 113 cm³/mol. The van der Waals surface area contributed by atoms with Gasteiger partial charge in [0.05, 0.1) is 0 Å². The number of carbonyl (C=O) groups is 3. The fourth-order valence-electron chi connectivity index (χ4n) is 3.15. The minimum atomic E-state index is -1.59. The Hall–Kier alpha value is -1.59. The van der Waals surface area contributed by atoms with Gasteiger partial charge in [-0.05, 0) is 6.42 Å². The quantitative estimate of drug-likeness (QED) is 0.142. The summed E-state index contributed by atoms with van der Waals surface area (Å²) in [5.41, 5.74) is 0. The van der Waals surface area contributed by atoms with Crippen molar-refractivity contribution in [2.24, 2.45) is 0 Å². The Balaban J connectivity index is 3.47. The van der Waals surface area contributed by atoms with Gasteiger partial charge in [-0.3, -0.25) is 14.4 Å². The van der Waals surface area contributed by atoms with Crippen LogP contribution in [0.2, 0.25) is 0 Å². The predicted octanol–water partition coefficient (Wildman–Crippen LogP) is 6.20.